The second-order valence-corrected chi connectivity index (χ2v) is 6.26. The van der Waals surface area contributed by atoms with Gasteiger partial charge in [0.05, 0.1) is 6.21 Å². The van der Waals surface area contributed by atoms with Gasteiger partial charge < -0.3 is 0 Å². The minimum Gasteiger partial charge on any atom is -0.291 e. The van der Waals surface area contributed by atoms with Gasteiger partial charge in [-0.1, -0.05) is 30.3 Å². The molecule has 184 valence electrons. The van der Waals surface area contributed by atoms with Gasteiger partial charge in [0.2, 0.25) is 0 Å². The van der Waals surface area contributed by atoms with Gasteiger partial charge in [-0.05, 0) is 12.0 Å². The molecule has 0 aromatic heterocycles. The molecular weight excluding hydrogens is 491 g/mol. The van der Waals surface area contributed by atoms with Gasteiger partial charge in [-0.2, -0.15) is 65.9 Å². The maximum absolute atomic E-state index is 13.5. The average molecular weight is 501 g/mol. The van der Waals surface area contributed by atoms with Crippen LogP contribution in [0.15, 0.2) is 35.3 Å². The van der Waals surface area contributed by atoms with E-state index in [1.807, 2.05) is 0 Å². The quantitative estimate of drug-likeness (QED) is 0.265. The van der Waals surface area contributed by atoms with Crippen molar-refractivity contribution in [2.45, 2.75) is 48.1 Å². The number of benzene rings is 1. The molecule has 0 bridgehead atoms. The first-order chi connectivity index (χ1) is 14.1. The highest BCUT2D eigenvalue weighted by molar-refractivity contribution is 5.68. The van der Waals surface area contributed by atoms with Crippen LogP contribution >= 0.6 is 0 Å². The van der Waals surface area contributed by atoms with E-state index in [0.717, 1.165) is 0 Å². The van der Waals surface area contributed by atoms with Gasteiger partial charge in [0.25, 0.3) is 0 Å². The highest BCUT2D eigenvalue weighted by Gasteiger charge is 2.93. The fraction of sp³-hybridized carbons (Fsp3) is 0.562. The third-order valence-electron chi connectivity index (χ3n) is 3.98. The lowest BCUT2D eigenvalue weighted by Crippen LogP contribution is -2.72. The van der Waals surface area contributed by atoms with Crippen LogP contribution in [0.5, 0.6) is 0 Å². The maximum atomic E-state index is 13.5. The Kier molecular flexibility index (Phi) is 7.25. The van der Waals surface area contributed by atoms with Gasteiger partial charge in [0, 0.05) is 6.54 Å². The van der Waals surface area contributed by atoms with Gasteiger partial charge in [-0.25, -0.2) is 0 Å². The van der Waals surface area contributed by atoms with Crippen LogP contribution in [0.1, 0.15) is 5.56 Å². The first-order valence-electron chi connectivity index (χ1n) is 7.96. The third kappa shape index (κ3) is 4.36. The van der Waals surface area contributed by atoms with Crippen molar-refractivity contribution in [1.29, 1.82) is 0 Å². The molecule has 1 rings (SSSR count). The highest BCUT2D eigenvalue weighted by Crippen LogP contribution is 2.62. The van der Waals surface area contributed by atoms with Crippen LogP contribution in [0.3, 0.4) is 0 Å². The van der Waals surface area contributed by atoms with Crippen molar-refractivity contribution in [2.24, 2.45) is 4.99 Å². The summed E-state index contributed by atoms with van der Waals surface area (Å²) in [7, 11) is 0. The van der Waals surface area contributed by atoms with E-state index in [9.17, 15) is 65.9 Å². The van der Waals surface area contributed by atoms with Crippen LogP contribution in [0, 0.1) is 0 Å². The maximum Gasteiger partial charge on any atom is 0.460 e. The minimum atomic E-state index is -8.29. The molecule has 32 heavy (non-hydrogen) atoms. The molecule has 0 saturated heterocycles. The lowest BCUT2D eigenvalue weighted by atomic mass is 9.91. The fourth-order valence-electron chi connectivity index (χ4n) is 2.08. The molecular formula is C16H10F15N. The molecule has 0 spiro atoms. The highest BCUT2D eigenvalue weighted by atomic mass is 19.4. The smallest absolute Gasteiger partial charge is 0.291 e. The summed E-state index contributed by atoms with van der Waals surface area (Å²) < 4.78 is 195. The molecule has 16 heteroatoms. The summed E-state index contributed by atoms with van der Waals surface area (Å²) in [6.07, 6.45) is -9.19. The number of halogens is 15. The molecule has 0 heterocycles. The Balaban J connectivity index is 3.26. The van der Waals surface area contributed by atoms with E-state index >= 15 is 0 Å². The molecule has 0 aliphatic rings. The van der Waals surface area contributed by atoms with Crippen molar-refractivity contribution >= 4 is 6.21 Å². The molecule has 0 radical (unpaired) electrons. The summed E-state index contributed by atoms with van der Waals surface area (Å²) in [4.78, 5) is 2.60. The van der Waals surface area contributed by atoms with Crippen LogP contribution in [-0.4, -0.2) is 54.5 Å². The summed E-state index contributed by atoms with van der Waals surface area (Å²) in [5.74, 6) is -46.6. The molecule has 0 atom stereocenters. The number of hydrogen-bond donors (Lipinski definition) is 0. The molecule has 0 aliphatic heterocycles. The van der Waals surface area contributed by atoms with E-state index in [0.29, 0.717) is 5.56 Å². The van der Waals surface area contributed by atoms with Crippen molar-refractivity contribution in [3.63, 3.8) is 0 Å². The van der Waals surface area contributed by atoms with E-state index in [1.165, 1.54) is 30.3 Å². The standard InChI is InChI=1S/C16H10F15N/c17-10(18,8-32-7-6-9-4-2-1-3-5-9)11(19,20)12(21,22)13(23,24)14(25,26)15(27,28)16(29,30)31/h1-5,8H,6-7H2. The summed E-state index contributed by atoms with van der Waals surface area (Å²) >= 11 is 0. The predicted octanol–water partition coefficient (Wildman–Crippen LogP) is 6.67. The lowest BCUT2D eigenvalue weighted by Gasteiger charge is -2.40. The normalized spacial score (nSPS) is 15.5. The summed E-state index contributed by atoms with van der Waals surface area (Å²) in [6, 6.07) is 7.18. The zero-order valence-electron chi connectivity index (χ0n) is 15.0. The van der Waals surface area contributed by atoms with E-state index < -0.39 is 54.5 Å². The molecule has 0 saturated carbocycles. The molecule has 0 unspecified atom stereocenters. The Hall–Kier alpha value is -2.16. The van der Waals surface area contributed by atoms with Crippen LogP contribution in [0.2, 0.25) is 0 Å². The van der Waals surface area contributed by atoms with Gasteiger partial charge in [-0.3, -0.25) is 4.99 Å². The largest absolute Gasteiger partial charge is 0.460 e. The zero-order chi connectivity index (χ0) is 25.4. The van der Waals surface area contributed by atoms with Crippen LogP contribution < -0.4 is 0 Å². The Morgan fingerprint density at radius 2 is 0.969 bits per heavy atom. The lowest BCUT2D eigenvalue weighted by molar-refractivity contribution is -0.448. The predicted molar refractivity (Wildman–Crippen MR) is 79.2 cm³/mol. The van der Waals surface area contributed by atoms with Crippen molar-refractivity contribution in [1.82, 2.24) is 0 Å². The van der Waals surface area contributed by atoms with E-state index in [-0.39, 0.29) is 6.42 Å². The first kappa shape index (κ1) is 27.9. The Morgan fingerprint density at radius 1 is 0.562 bits per heavy atom. The summed E-state index contributed by atoms with van der Waals surface area (Å²) in [5, 5.41) is 0. The van der Waals surface area contributed by atoms with Crippen LogP contribution in [0.25, 0.3) is 0 Å². The van der Waals surface area contributed by atoms with Gasteiger partial charge in [-0.15, -0.1) is 0 Å². The van der Waals surface area contributed by atoms with Gasteiger partial charge >= 0.3 is 41.7 Å². The monoisotopic (exact) mass is 501 g/mol. The van der Waals surface area contributed by atoms with Crippen LogP contribution in [0.4, 0.5) is 65.9 Å². The van der Waals surface area contributed by atoms with E-state index in [1.54, 1.807) is 0 Å². The molecule has 1 aromatic rings. The number of aliphatic imine (C=N–C) groups is 1. The van der Waals surface area contributed by atoms with Crippen LogP contribution in [-0.2, 0) is 6.42 Å². The van der Waals surface area contributed by atoms with Crippen molar-refractivity contribution in [3.05, 3.63) is 35.9 Å². The zero-order valence-corrected chi connectivity index (χ0v) is 15.0. The molecule has 1 nitrogen and oxygen atoms in total. The van der Waals surface area contributed by atoms with Gasteiger partial charge in [0.1, 0.15) is 0 Å². The molecule has 0 amide bonds. The van der Waals surface area contributed by atoms with Gasteiger partial charge in [0.15, 0.2) is 0 Å². The first-order valence-corrected chi connectivity index (χ1v) is 7.96. The molecule has 0 fully saturated rings. The fourth-order valence-corrected chi connectivity index (χ4v) is 2.08. The SMILES string of the molecule is FC(F)(F)C(F)(F)C(F)(F)C(F)(F)C(F)(F)C(F)(F)C(F)(F)C=NCCc1ccccc1. The average Bonchev–Trinajstić information content (AvgIpc) is 2.64. The minimum absolute atomic E-state index is 0.262. The molecule has 0 N–H and O–H groups in total. The van der Waals surface area contributed by atoms with Crippen molar-refractivity contribution in [3.8, 4) is 0 Å². The van der Waals surface area contributed by atoms with E-state index in [2.05, 4.69) is 4.99 Å². The molecule has 0 aliphatic carbocycles. The van der Waals surface area contributed by atoms with Crippen molar-refractivity contribution < 1.29 is 65.9 Å². The number of rotatable bonds is 9. The molecule has 1 aromatic carbocycles. The summed E-state index contributed by atoms with van der Waals surface area (Å²) in [6.45, 7) is -0.819. The van der Waals surface area contributed by atoms with Crippen molar-refractivity contribution in [2.75, 3.05) is 6.54 Å². The second-order valence-electron chi connectivity index (χ2n) is 6.26. The Labute approximate surface area is 168 Å². The number of hydrogen-bond acceptors (Lipinski definition) is 1. The third-order valence-corrected chi connectivity index (χ3v) is 3.98. The van der Waals surface area contributed by atoms with E-state index in [4.69, 9.17) is 0 Å². The Morgan fingerprint density at radius 3 is 1.41 bits per heavy atom. The number of alkyl halides is 15. The summed E-state index contributed by atoms with van der Waals surface area (Å²) in [5.41, 5.74) is 0.366. The topological polar surface area (TPSA) is 12.4 Å². The Bertz CT molecular complexity index is 795. The number of nitrogens with zero attached hydrogens (tertiary/aromatic N) is 1. The second kappa shape index (κ2) is 8.32.